The lowest BCUT2D eigenvalue weighted by atomic mass is 9.77. The standard InChI is InChI=1S/C14H27N3O/c1-11-5-3-6-12(13(11)15)14(18)17-8-4-7-16(2)9-10-17/h11-13H,3-10,15H2,1-2H3. The third-order valence-electron chi connectivity index (χ3n) is 4.64. The maximum atomic E-state index is 12.6. The van der Waals surface area contributed by atoms with E-state index in [1.807, 2.05) is 4.90 Å². The lowest BCUT2D eigenvalue weighted by Crippen LogP contribution is -2.49. The zero-order valence-electron chi connectivity index (χ0n) is 11.8. The number of nitrogens with zero attached hydrogens (tertiary/aromatic N) is 2. The Morgan fingerprint density at radius 3 is 2.67 bits per heavy atom. The van der Waals surface area contributed by atoms with Gasteiger partial charge in [-0.25, -0.2) is 0 Å². The molecular formula is C14H27N3O. The number of carbonyl (C=O) groups excluding carboxylic acids is 1. The fourth-order valence-corrected chi connectivity index (χ4v) is 3.23. The van der Waals surface area contributed by atoms with Crippen molar-refractivity contribution < 1.29 is 4.79 Å². The summed E-state index contributed by atoms with van der Waals surface area (Å²) in [7, 11) is 2.13. The van der Waals surface area contributed by atoms with Crippen molar-refractivity contribution in [3.05, 3.63) is 0 Å². The molecule has 0 aromatic heterocycles. The number of carbonyl (C=O) groups is 1. The van der Waals surface area contributed by atoms with Crippen LogP contribution in [0.4, 0.5) is 0 Å². The highest BCUT2D eigenvalue weighted by molar-refractivity contribution is 5.79. The Kier molecular flexibility index (Phi) is 4.62. The number of amides is 1. The normalized spacial score (nSPS) is 35.3. The van der Waals surface area contributed by atoms with Crippen LogP contribution in [0.15, 0.2) is 0 Å². The first-order chi connectivity index (χ1) is 8.59. The van der Waals surface area contributed by atoms with Crippen molar-refractivity contribution >= 4 is 5.91 Å². The molecule has 2 aliphatic rings. The Labute approximate surface area is 110 Å². The van der Waals surface area contributed by atoms with E-state index in [9.17, 15) is 4.79 Å². The minimum atomic E-state index is 0.0623. The molecular weight excluding hydrogens is 226 g/mol. The molecule has 1 aliphatic heterocycles. The minimum absolute atomic E-state index is 0.0623. The molecule has 3 atom stereocenters. The number of nitrogens with two attached hydrogens (primary N) is 1. The summed E-state index contributed by atoms with van der Waals surface area (Å²) in [5.74, 6) is 0.865. The van der Waals surface area contributed by atoms with Crippen molar-refractivity contribution in [1.82, 2.24) is 9.80 Å². The van der Waals surface area contributed by atoms with Crippen molar-refractivity contribution in [2.45, 2.75) is 38.6 Å². The first kappa shape index (κ1) is 13.8. The number of hydrogen-bond acceptors (Lipinski definition) is 3. The van der Waals surface area contributed by atoms with Crippen LogP contribution in [0.2, 0.25) is 0 Å². The van der Waals surface area contributed by atoms with E-state index in [4.69, 9.17) is 5.73 Å². The lowest BCUT2D eigenvalue weighted by molar-refractivity contribution is -0.137. The smallest absolute Gasteiger partial charge is 0.227 e. The van der Waals surface area contributed by atoms with E-state index < -0.39 is 0 Å². The van der Waals surface area contributed by atoms with Gasteiger partial charge in [-0.1, -0.05) is 13.3 Å². The molecule has 0 radical (unpaired) electrons. The predicted molar refractivity (Wildman–Crippen MR) is 73.2 cm³/mol. The predicted octanol–water partition coefficient (Wildman–Crippen LogP) is 0.914. The third-order valence-corrected chi connectivity index (χ3v) is 4.64. The summed E-state index contributed by atoms with van der Waals surface area (Å²) in [5, 5.41) is 0. The van der Waals surface area contributed by atoms with E-state index in [1.54, 1.807) is 0 Å². The fraction of sp³-hybridized carbons (Fsp3) is 0.929. The van der Waals surface area contributed by atoms with Crippen LogP contribution in [0, 0.1) is 11.8 Å². The van der Waals surface area contributed by atoms with Crippen LogP contribution in [-0.4, -0.2) is 55.0 Å². The van der Waals surface area contributed by atoms with E-state index >= 15 is 0 Å². The van der Waals surface area contributed by atoms with Crippen molar-refractivity contribution in [3.63, 3.8) is 0 Å². The second-order valence-corrected chi connectivity index (χ2v) is 6.07. The number of hydrogen-bond donors (Lipinski definition) is 1. The van der Waals surface area contributed by atoms with Crippen molar-refractivity contribution in [2.24, 2.45) is 17.6 Å². The number of likely N-dealkylation sites (N-methyl/N-ethyl adjacent to an activating group) is 1. The second-order valence-electron chi connectivity index (χ2n) is 6.07. The van der Waals surface area contributed by atoms with Crippen LogP contribution in [0.1, 0.15) is 32.6 Å². The van der Waals surface area contributed by atoms with E-state index in [2.05, 4.69) is 18.9 Å². The van der Waals surface area contributed by atoms with E-state index in [1.165, 1.54) is 6.42 Å². The lowest BCUT2D eigenvalue weighted by Gasteiger charge is -2.36. The van der Waals surface area contributed by atoms with Gasteiger partial charge in [0, 0.05) is 25.7 Å². The molecule has 4 heteroatoms. The van der Waals surface area contributed by atoms with E-state index in [0.717, 1.165) is 45.4 Å². The van der Waals surface area contributed by atoms with Gasteiger partial charge in [-0.05, 0) is 38.8 Å². The Hall–Kier alpha value is -0.610. The van der Waals surface area contributed by atoms with E-state index in [0.29, 0.717) is 11.8 Å². The molecule has 2 rings (SSSR count). The topological polar surface area (TPSA) is 49.6 Å². The van der Waals surface area contributed by atoms with Gasteiger partial charge in [-0.3, -0.25) is 4.79 Å². The summed E-state index contributed by atoms with van der Waals surface area (Å²) in [5.41, 5.74) is 6.24. The van der Waals surface area contributed by atoms with Gasteiger partial charge in [0.05, 0.1) is 5.92 Å². The molecule has 18 heavy (non-hydrogen) atoms. The van der Waals surface area contributed by atoms with Crippen LogP contribution < -0.4 is 5.73 Å². The van der Waals surface area contributed by atoms with Crippen LogP contribution in [0.3, 0.4) is 0 Å². The van der Waals surface area contributed by atoms with Crippen LogP contribution >= 0.6 is 0 Å². The Balaban J connectivity index is 1.97. The quantitative estimate of drug-likeness (QED) is 0.756. The maximum absolute atomic E-state index is 12.6. The molecule has 0 aromatic carbocycles. The van der Waals surface area contributed by atoms with Gasteiger partial charge in [0.1, 0.15) is 0 Å². The Bertz CT molecular complexity index is 295. The minimum Gasteiger partial charge on any atom is -0.341 e. The Morgan fingerprint density at radius 1 is 1.11 bits per heavy atom. The number of rotatable bonds is 1. The molecule has 1 heterocycles. The highest BCUT2D eigenvalue weighted by Gasteiger charge is 2.35. The summed E-state index contributed by atoms with van der Waals surface area (Å²) in [4.78, 5) is 16.9. The van der Waals surface area contributed by atoms with Crippen molar-refractivity contribution in [1.29, 1.82) is 0 Å². The molecule has 1 aliphatic carbocycles. The summed E-state index contributed by atoms with van der Waals surface area (Å²) >= 11 is 0. The molecule has 1 amide bonds. The zero-order chi connectivity index (χ0) is 13.1. The summed E-state index contributed by atoms with van der Waals surface area (Å²) in [6.07, 6.45) is 4.39. The molecule has 0 aromatic rings. The SMILES string of the molecule is CC1CCCC(C(=O)N2CCCN(C)CC2)C1N. The van der Waals surface area contributed by atoms with Crippen molar-refractivity contribution in [2.75, 3.05) is 33.2 Å². The molecule has 2 N–H and O–H groups in total. The first-order valence-corrected chi connectivity index (χ1v) is 7.32. The molecule has 1 saturated heterocycles. The molecule has 104 valence electrons. The van der Waals surface area contributed by atoms with Crippen LogP contribution in [-0.2, 0) is 4.79 Å². The molecule has 1 saturated carbocycles. The highest BCUT2D eigenvalue weighted by atomic mass is 16.2. The van der Waals surface area contributed by atoms with Gasteiger partial charge in [-0.15, -0.1) is 0 Å². The summed E-state index contributed by atoms with van der Waals surface area (Å²) in [6, 6.07) is 0.0623. The summed E-state index contributed by atoms with van der Waals surface area (Å²) in [6.45, 7) is 6.04. The van der Waals surface area contributed by atoms with Gasteiger partial charge >= 0.3 is 0 Å². The van der Waals surface area contributed by atoms with E-state index in [-0.39, 0.29) is 12.0 Å². The maximum Gasteiger partial charge on any atom is 0.227 e. The van der Waals surface area contributed by atoms with Crippen LogP contribution in [0.25, 0.3) is 0 Å². The zero-order valence-corrected chi connectivity index (χ0v) is 11.8. The second kappa shape index (κ2) is 6.02. The largest absolute Gasteiger partial charge is 0.341 e. The molecule has 0 bridgehead atoms. The average molecular weight is 253 g/mol. The molecule has 0 spiro atoms. The Morgan fingerprint density at radius 2 is 1.89 bits per heavy atom. The first-order valence-electron chi connectivity index (χ1n) is 7.32. The third kappa shape index (κ3) is 3.04. The van der Waals surface area contributed by atoms with Gasteiger partial charge in [0.15, 0.2) is 0 Å². The molecule has 3 unspecified atom stereocenters. The van der Waals surface area contributed by atoms with Gasteiger partial charge in [0.25, 0.3) is 0 Å². The molecule has 4 nitrogen and oxygen atoms in total. The van der Waals surface area contributed by atoms with Crippen LogP contribution in [0.5, 0.6) is 0 Å². The van der Waals surface area contributed by atoms with Gasteiger partial charge in [0.2, 0.25) is 5.91 Å². The average Bonchev–Trinajstić information content (AvgIpc) is 2.57. The highest BCUT2D eigenvalue weighted by Crippen LogP contribution is 2.29. The fourth-order valence-electron chi connectivity index (χ4n) is 3.23. The molecule has 2 fully saturated rings. The summed E-state index contributed by atoms with van der Waals surface area (Å²) < 4.78 is 0. The monoisotopic (exact) mass is 253 g/mol. The van der Waals surface area contributed by atoms with Crippen molar-refractivity contribution in [3.8, 4) is 0 Å². The van der Waals surface area contributed by atoms with Gasteiger partial charge < -0.3 is 15.5 Å². The van der Waals surface area contributed by atoms with Gasteiger partial charge in [-0.2, -0.15) is 0 Å².